The third-order valence-electron chi connectivity index (χ3n) is 2.72. The second-order valence-electron chi connectivity index (χ2n) is 3.66. The molecular formula is C10H23NO4Si. The molecule has 0 amide bonds. The van der Waals surface area contributed by atoms with Gasteiger partial charge in [-0.15, -0.1) is 0 Å². The Labute approximate surface area is 99.0 Å². The molecule has 5 nitrogen and oxygen atoms in total. The zero-order chi connectivity index (χ0) is 11.9. The predicted molar refractivity (Wildman–Crippen MR) is 63.3 cm³/mol. The molecule has 0 aromatic heterocycles. The third kappa shape index (κ3) is 4.12. The van der Waals surface area contributed by atoms with E-state index in [4.69, 9.17) is 18.0 Å². The zero-order valence-corrected chi connectivity index (χ0v) is 11.5. The van der Waals surface area contributed by atoms with Crippen molar-refractivity contribution in [3.05, 3.63) is 0 Å². The van der Waals surface area contributed by atoms with Gasteiger partial charge in [0.05, 0.1) is 32.6 Å². The Morgan fingerprint density at radius 2 is 1.62 bits per heavy atom. The van der Waals surface area contributed by atoms with Gasteiger partial charge in [0.15, 0.2) is 0 Å². The maximum Gasteiger partial charge on any atom is 0.515 e. The van der Waals surface area contributed by atoms with Crippen molar-refractivity contribution in [2.75, 3.05) is 52.8 Å². The molecule has 0 aromatic carbocycles. The molecule has 16 heavy (non-hydrogen) atoms. The molecule has 1 fully saturated rings. The number of rotatable bonds is 5. The van der Waals surface area contributed by atoms with E-state index in [1.54, 1.807) is 7.11 Å². The Morgan fingerprint density at radius 3 is 2.06 bits per heavy atom. The van der Waals surface area contributed by atoms with Crippen LogP contribution in [0.4, 0.5) is 0 Å². The molecule has 0 bridgehead atoms. The molecule has 1 heterocycles. The van der Waals surface area contributed by atoms with Crippen LogP contribution >= 0.6 is 0 Å². The molecule has 0 unspecified atom stereocenters. The zero-order valence-electron chi connectivity index (χ0n) is 10.5. The van der Waals surface area contributed by atoms with Crippen LogP contribution in [0.15, 0.2) is 0 Å². The molecule has 1 saturated heterocycles. The molecule has 1 rings (SSSR count). The Hall–Kier alpha value is 0.0169. The molecule has 1 aliphatic rings. The van der Waals surface area contributed by atoms with Gasteiger partial charge in [0.25, 0.3) is 0 Å². The highest BCUT2D eigenvalue weighted by molar-refractivity contribution is 6.60. The Morgan fingerprint density at radius 1 is 1.06 bits per heavy atom. The van der Waals surface area contributed by atoms with E-state index in [1.807, 2.05) is 0 Å². The first-order chi connectivity index (χ1) is 7.76. The Kier molecular flexibility index (Phi) is 6.48. The van der Waals surface area contributed by atoms with E-state index in [-0.39, 0.29) is 0 Å². The SMILES string of the molecule is CCN(CC)C[Si]1(OC)OCCOCCO1. The van der Waals surface area contributed by atoms with Gasteiger partial charge in [0, 0.05) is 7.11 Å². The summed E-state index contributed by atoms with van der Waals surface area (Å²) in [5, 5.41) is 0. The highest BCUT2D eigenvalue weighted by Crippen LogP contribution is 2.12. The van der Waals surface area contributed by atoms with Crippen LogP contribution in [0, 0.1) is 0 Å². The van der Waals surface area contributed by atoms with E-state index in [0.717, 1.165) is 19.3 Å². The number of hydrogen-bond donors (Lipinski definition) is 0. The molecule has 1 aliphatic heterocycles. The number of ether oxygens (including phenoxy) is 1. The van der Waals surface area contributed by atoms with Crippen LogP contribution in [-0.4, -0.2) is 66.5 Å². The van der Waals surface area contributed by atoms with Crippen molar-refractivity contribution >= 4 is 8.80 Å². The lowest BCUT2D eigenvalue weighted by Crippen LogP contribution is -2.56. The smallest absolute Gasteiger partial charge is 0.377 e. The molecular weight excluding hydrogens is 226 g/mol. The Bertz CT molecular complexity index is 182. The molecule has 0 spiro atoms. The van der Waals surface area contributed by atoms with Gasteiger partial charge in [-0.05, 0) is 13.1 Å². The van der Waals surface area contributed by atoms with Crippen molar-refractivity contribution in [3.8, 4) is 0 Å². The lowest BCUT2D eigenvalue weighted by atomic mass is 10.6. The summed E-state index contributed by atoms with van der Waals surface area (Å²) in [6, 6.07) is 0. The molecule has 0 saturated carbocycles. The second kappa shape index (κ2) is 7.36. The Balaban J connectivity index is 2.57. The lowest BCUT2D eigenvalue weighted by Gasteiger charge is -2.33. The van der Waals surface area contributed by atoms with Crippen LogP contribution in [0.5, 0.6) is 0 Å². The van der Waals surface area contributed by atoms with Gasteiger partial charge in [-0.1, -0.05) is 13.8 Å². The largest absolute Gasteiger partial charge is 0.515 e. The van der Waals surface area contributed by atoms with Gasteiger partial charge in [0.1, 0.15) is 0 Å². The van der Waals surface area contributed by atoms with Gasteiger partial charge in [0.2, 0.25) is 0 Å². The van der Waals surface area contributed by atoms with Crippen LogP contribution in [0.1, 0.15) is 13.8 Å². The number of hydrogen-bond acceptors (Lipinski definition) is 5. The summed E-state index contributed by atoms with van der Waals surface area (Å²) in [4.78, 5) is 2.28. The molecule has 0 aromatic rings. The normalized spacial score (nSPS) is 21.8. The van der Waals surface area contributed by atoms with Gasteiger partial charge in [-0.25, -0.2) is 0 Å². The fourth-order valence-electron chi connectivity index (χ4n) is 1.65. The standard InChI is InChI=1S/C10H23NO4Si/c1-4-11(5-2)10-16(12-3)14-8-6-13-7-9-15-16/h4-10H2,1-3H3. The van der Waals surface area contributed by atoms with Crippen molar-refractivity contribution in [2.24, 2.45) is 0 Å². The van der Waals surface area contributed by atoms with E-state index in [2.05, 4.69) is 18.7 Å². The molecule has 0 aliphatic carbocycles. The van der Waals surface area contributed by atoms with Crippen molar-refractivity contribution in [2.45, 2.75) is 13.8 Å². The summed E-state index contributed by atoms with van der Waals surface area (Å²) in [6.45, 7) is 8.60. The number of nitrogens with zero attached hydrogens (tertiary/aromatic N) is 1. The van der Waals surface area contributed by atoms with Gasteiger partial charge in [-0.2, -0.15) is 0 Å². The quantitative estimate of drug-likeness (QED) is 0.664. The molecule has 0 atom stereocenters. The van der Waals surface area contributed by atoms with Crippen molar-refractivity contribution in [1.82, 2.24) is 4.90 Å². The summed E-state index contributed by atoms with van der Waals surface area (Å²) < 4.78 is 22.4. The summed E-state index contributed by atoms with van der Waals surface area (Å²) in [6.07, 6.45) is 0.760. The summed E-state index contributed by atoms with van der Waals surface area (Å²) in [7, 11) is -0.820. The van der Waals surface area contributed by atoms with Crippen molar-refractivity contribution in [1.29, 1.82) is 0 Å². The summed E-state index contributed by atoms with van der Waals surface area (Å²) >= 11 is 0. The molecule has 6 heteroatoms. The highest BCUT2D eigenvalue weighted by atomic mass is 28.4. The first-order valence-corrected chi connectivity index (χ1v) is 7.82. The molecule has 0 radical (unpaired) electrons. The minimum Gasteiger partial charge on any atom is -0.377 e. The van der Waals surface area contributed by atoms with Gasteiger partial charge >= 0.3 is 8.80 Å². The van der Waals surface area contributed by atoms with Crippen LogP contribution in [-0.2, 0) is 18.0 Å². The fourth-order valence-corrected chi connectivity index (χ4v) is 4.07. The maximum atomic E-state index is 5.78. The molecule has 0 N–H and O–H groups in total. The van der Waals surface area contributed by atoms with E-state index in [9.17, 15) is 0 Å². The van der Waals surface area contributed by atoms with Crippen LogP contribution in [0.2, 0.25) is 0 Å². The maximum absolute atomic E-state index is 5.78. The highest BCUT2D eigenvalue weighted by Gasteiger charge is 2.42. The van der Waals surface area contributed by atoms with E-state index >= 15 is 0 Å². The molecule has 96 valence electrons. The van der Waals surface area contributed by atoms with Crippen LogP contribution in [0.3, 0.4) is 0 Å². The lowest BCUT2D eigenvalue weighted by molar-refractivity contribution is -0.0148. The van der Waals surface area contributed by atoms with Crippen molar-refractivity contribution < 1.29 is 18.0 Å². The fraction of sp³-hybridized carbons (Fsp3) is 1.00. The second-order valence-corrected chi connectivity index (χ2v) is 6.33. The van der Waals surface area contributed by atoms with Crippen LogP contribution < -0.4 is 0 Å². The first-order valence-electron chi connectivity index (χ1n) is 5.89. The predicted octanol–water partition coefficient (Wildman–Crippen LogP) is 0.516. The van der Waals surface area contributed by atoms with E-state index in [0.29, 0.717) is 26.4 Å². The van der Waals surface area contributed by atoms with E-state index in [1.165, 1.54) is 0 Å². The average Bonchev–Trinajstić information content (AvgIpc) is 2.29. The van der Waals surface area contributed by atoms with E-state index < -0.39 is 8.80 Å². The minimum absolute atomic E-state index is 0.557. The van der Waals surface area contributed by atoms with Gasteiger partial charge < -0.3 is 18.0 Å². The topological polar surface area (TPSA) is 40.2 Å². The minimum atomic E-state index is -2.50. The van der Waals surface area contributed by atoms with Crippen LogP contribution in [0.25, 0.3) is 0 Å². The van der Waals surface area contributed by atoms with Gasteiger partial charge in [-0.3, -0.25) is 4.90 Å². The first kappa shape index (κ1) is 14.1. The van der Waals surface area contributed by atoms with Crippen molar-refractivity contribution in [3.63, 3.8) is 0 Å². The summed E-state index contributed by atoms with van der Waals surface area (Å²) in [5.74, 6) is 0. The summed E-state index contributed by atoms with van der Waals surface area (Å²) in [5.41, 5.74) is 0. The average molecular weight is 249 g/mol. The monoisotopic (exact) mass is 249 g/mol. The third-order valence-corrected chi connectivity index (χ3v) is 5.47.